The molecule has 0 aromatic heterocycles. The van der Waals surface area contributed by atoms with E-state index >= 15 is 0 Å². The third-order valence-electron chi connectivity index (χ3n) is 11.1. The molecule has 0 radical (unpaired) electrons. The van der Waals surface area contributed by atoms with E-state index in [2.05, 4.69) is 20.8 Å². The van der Waals surface area contributed by atoms with Crippen molar-refractivity contribution in [2.24, 2.45) is 28.6 Å². The zero-order valence-electron chi connectivity index (χ0n) is 25.1. The first-order valence-electron chi connectivity index (χ1n) is 15.2. The lowest BCUT2D eigenvalue weighted by atomic mass is 9.41. The van der Waals surface area contributed by atoms with Crippen LogP contribution in [0.25, 0.3) is 6.08 Å². The van der Waals surface area contributed by atoms with Crippen molar-refractivity contribution < 1.29 is 42.8 Å². The minimum absolute atomic E-state index is 0.0736. The smallest absolute Gasteiger partial charge is 0.331 e. The van der Waals surface area contributed by atoms with Gasteiger partial charge in [-0.2, -0.15) is 0 Å². The standard InChI is InChI=1S/C33H42O9/c1-19-27(39-21(3)35)29(42-26(36)12-11-22-9-7-6-8-10-22)32(5)28-24(13-15-33(32)18-38-33)40-30-23(14-16-37-20(2)34)17-25(41-30)31(19,28)4/h6-12,19,23-25,27-30H,13-18H2,1-5H3/b12-11+/t19-,23-,24-,25+,27-,28-,29+,30-,31-,32+,33+/m1/s1. The summed E-state index contributed by atoms with van der Waals surface area (Å²) < 4.78 is 37.4. The predicted octanol–water partition coefficient (Wildman–Crippen LogP) is 4.47. The molecule has 11 atom stereocenters. The van der Waals surface area contributed by atoms with Crippen molar-refractivity contribution in [3.05, 3.63) is 42.0 Å². The second-order valence-electron chi connectivity index (χ2n) is 13.2. The first-order valence-corrected chi connectivity index (χ1v) is 15.2. The van der Waals surface area contributed by atoms with Crippen molar-refractivity contribution in [2.75, 3.05) is 13.2 Å². The van der Waals surface area contributed by atoms with Gasteiger partial charge in [0, 0.05) is 48.5 Å². The Bertz CT molecular complexity index is 1240. The van der Waals surface area contributed by atoms with E-state index in [1.807, 2.05) is 30.3 Å². The highest BCUT2D eigenvalue weighted by Crippen LogP contribution is 2.71. The average Bonchev–Trinajstić information content (AvgIpc) is 3.66. The van der Waals surface area contributed by atoms with Crippen LogP contribution in [-0.4, -0.2) is 67.4 Å². The first-order chi connectivity index (χ1) is 20.0. The largest absolute Gasteiger partial charge is 0.466 e. The summed E-state index contributed by atoms with van der Waals surface area (Å²) in [6.45, 7) is 10.1. The molecule has 3 aliphatic heterocycles. The number of rotatable bonds is 7. The van der Waals surface area contributed by atoms with Crippen molar-refractivity contribution in [1.82, 2.24) is 0 Å². The van der Waals surface area contributed by atoms with E-state index in [1.54, 1.807) is 6.08 Å². The van der Waals surface area contributed by atoms with Gasteiger partial charge in [0.05, 0.1) is 25.4 Å². The normalized spacial score (nSPS) is 43.4. The topological polar surface area (TPSA) is 110 Å². The number of fused-ring (bicyclic) bond motifs is 4. The number of hydrogen-bond acceptors (Lipinski definition) is 9. The van der Waals surface area contributed by atoms with Gasteiger partial charge in [-0.05, 0) is 37.3 Å². The summed E-state index contributed by atoms with van der Waals surface area (Å²) in [4.78, 5) is 37.4. The monoisotopic (exact) mass is 582 g/mol. The summed E-state index contributed by atoms with van der Waals surface area (Å²) in [5.41, 5.74) is -0.805. The van der Waals surface area contributed by atoms with Crippen molar-refractivity contribution in [2.45, 2.75) is 96.6 Å². The van der Waals surface area contributed by atoms with Crippen LogP contribution in [0.4, 0.5) is 0 Å². The minimum atomic E-state index is -0.743. The van der Waals surface area contributed by atoms with Crippen molar-refractivity contribution in [3.63, 3.8) is 0 Å². The van der Waals surface area contributed by atoms with Gasteiger partial charge in [-0.3, -0.25) is 9.59 Å². The van der Waals surface area contributed by atoms with Gasteiger partial charge in [-0.25, -0.2) is 4.79 Å². The van der Waals surface area contributed by atoms with E-state index in [-0.39, 0.29) is 35.9 Å². The first kappa shape index (κ1) is 29.3. The molecule has 3 saturated heterocycles. The van der Waals surface area contributed by atoms with E-state index in [0.29, 0.717) is 19.6 Å². The molecule has 9 heteroatoms. The quantitative estimate of drug-likeness (QED) is 0.199. The van der Waals surface area contributed by atoms with Crippen LogP contribution in [0.5, 0.6) is 0 Å². The third kappa shape index (κ3) is 4.68. The molecule has 2 bridgehead atoms. The molecular formula is C33H42O9. The second kappa shape index (κ2) is 10.8. The Morgan fingerprint density at radius 1 is 1.05 bits per heavy atom. The number of benzene rings is 1. The fourth-order valence-corrected chi connectivity index (χ4v) is 8.86. The summed E-state index contributed by atoms with van der Waals surface area (Å²) in [7, 11) is 0. The van der Waals surface area contributed by atoms with E-state index in [0.717, 1.165) is 24.8 Å². The highest BCUT2D eigenvalue weighted by Gasteiger charge is 2.79. The second-order valence-corrected chi connectivity index (χ2v) is 13.2. The molecule has 0 N–H and O–H groups in total. The van der Waals surface area contributed by atoms with Crippen molar-refractivity contribution >= 4 is 24.0 Å². The van der Waals surface area contributed by atoms with E-state index in [4.69, 9.17) is 28.4 Å². The fraction of sp³-hybridized carbons (Fsp3) is 0.667. The van der Waals surface area contributed by atoms with Gasteiger partial charge in [-0.15, -0.1) is 0 Å². The maximum Gasteiger partial charge on any atom is 0.331 e. The molecule has 1 aromatic rings. The molecule has 6 rings (SSSR count). The summed E-state index contributed by atoms with van der Waals surface area (Å²) in [5, 5.41) is 0. The number of carbonyl (C=O) groups is 3. The highest BCUT2D eigenvalue weighted by molar-refractivity contribution is 5.87. The summed E-state index contributed by atoms with van der Waals surface area (Å²) in [6, 6.07) is 9.56. The number of ether oxygens (including phenoxy) is 6. The average molecular weight is 583 g/mol. The number of esters is 3. The molecule has 0 unspecified atom stereocenters. The number of carbonyl (C=O) groups excluding carboxylic acids is 3. The molecule has 1 spiro atoms. The zero-order chi connectivity index (χ0) is 29.9. The van der Waals surface area contributed by atoms with Crippen LogP contribution in [-0.2, 0) is 42.8 Å². The Morgan fingerprint density at radius 3 is 2.45 bits per heavy atom. The number of hydrogen-bond donors (Lipinski definition) is 0. The molecular weight excluding hydrogens is 540 g/mol. The Morgan fingerprint density at radius 2 is 1.79 bits per heavy atom. The minimum Gasteiger partial charge on any atom is -0.466 e. The van der Waals surface area contributed by atoms with E-state index in [1.165, 1.54) is 19.9 Å². The highest BCUT2D eigenvalue weighted by atomic mass is 16.7. The van der Waals surface area contributed by atoms with Gasteiger partial charge in [0.25, 0.3) is 0 Å². The van der Waals surface area contributed by atoms with Gasteiger partial charge in [0.1, 0.15) is 17.8 Å². The Hall–Kier alpha value is -2.75. The van der Waals surface area contributed by atoms with Crippen LogP contribution < -0.4 is 0 Å². The molecule has 5 fully saturated rings. The predicted molar refractivity (Wildman–Crippen MR) is 151 cm³/mol. The van der Waals surface area contributed by atoms with Gasteiger partial charge < -0.3 is 28.4 Å². The lowest BCUT2D eigenvalue weighted by Gasteiger charge is -2.66. The molecule has 5 aliphatic rings. The van der Waals surface area contributed by atoms with Crippen LogP contribution >= 0.6 is 0 Å². The summed E-state index contributed by atoms with van der Waals surface area (Å²) >= 11 is 0. The van der Waals surface area contributed by atoms with E-state index in [9.17, 15) is 14.4 Å². The lowest BCUT2D eigenvalue weighted by molar-refractivity contribution is -0.276. The molecule has 228 valence electrons. The Kier molecular flexibility index (Phi) is 7.51. The lowest BCUT2D eigenvalue weighted by Crippen LogP contribution is -2.74. The molecule has 2 saturated carbocycles. The van der Waals surface area contributed by atoms with Gasteiger partial charge in [0.2, 0.25) is 0 Å². The Balaban J connectivity index is 1.37. The third-order valence-corrected chi connectivity index (χ3v) is 11.1. The maximum atomic E-state index is 13.4. The zero-order valence-corrected chi connectivity index (χ0v) is 25.1. The Labute approximate surface area is 247 Å². The van der Waals surface area contributed by atoms with Gasteiger partial charge in [-0.1, -0.05) is 51.1 Å². The van der Waals surface area contributed by atoms with Crippen LogP contribution in [0, 0.1) is 28.6 Å². The molecule has 3 heterocycles. The van der Waals surface area contributed by atoms with Gasteiger partial charge in [0.15, 0.2) is 6.29 Å². The van der Waals surface area contributed by atoms with Crippen LogP contribution in [0.1, 0.15) is 65.9 Å². The van der Waals surface area contributed by atoms with Gasteiger partial charge >= 0.3 is 17.9 Å². The molecule has 42 heavy (non-hydrogen) atoms. The molecule has 1 aromatic carbocycles. The van der Waals surface area contributed by atoms with Crippen LogP contribution in [0.15, 0.2) is 36.4 Å². The maximum absolute atomic E-state index is 13.4. The van der Waals surface area contributed by atoms with Crippen molar-refractivity contribution in [3.8, 4) is 0 Å². The SMILES string of the molecule is CC(=O)OCC[C@@H]1C[C@@H]2O[C@H]1O[C@@H]1CC[C@]3(CO3)[C@@]3(C)[C@H]1[C@]2(C)[C@H](C)[C@@H](OC(C)=O)[C@@H]3OC(=O)/C=C/c1ccccc1. The van der Waals surface area contributed by atoms with Crippen LogP contribution in [0.2, 0.25) is 0 Å². The summed E-state index contributed by atoms with van der Waals surface area (Å²) in [6.07, 6.45) is 3.85. The number of epoxide rings is 1. The molecule has 2 aliphatic carbocycles. The molecule has 0 amide bonds. The van der Waals surface area contributed by atoms with Crippen LogP contribution in [0.3, 0.4) is 0 Å². The van der Waals surface area contributed by atoms with E-state index < -0.39 is 46.9 Å². The summed E-state index contributed by atoms with van der Waals surface area (Å²) in [5.74, 6) is -1.44. The molecule has 9 nitrogen and oxygen atoms in total. The van der Waals surface area contributed by atoms with Crippen molar-refractivity contribution in [1.29, 1.82) is 0 Å². The fourth-order valence-electron chi connectivity index (χ4n) is 8.86.